The lowest BCUT2D eigenvalue weighted by Gasteiger charge is -2.32. The second-order valence-corrected chi connectivity index (χ2v) is 6.96. The third-order valence-corrected chi connectivity index (χ3v) is 4.99. The fourth-order valence-corrected chi connectivity index (χ4v) is 3.49. The van der Waals surface area contributed by atoms with Crippen molar-refractivity contribution in [2.75, 3.05) is 32.6 Å². The Hall–Kier alpha value is -2.96. The minimum atomic E-state index is -0.0615. The molecule has 1 aromatic heterocycles. The number of anilines is 1. The monoisotopic (exact) mass is 386 g/mol. The van der Waals surface area contributed by atoms with Gasteiger partial charge in [0.2, 0.25) is 5.91 Å². The Morgan fingerprint density at radius 3 is 2.61 bits per heavy atom. The van der Waals surface area contributed by atoms with E-state index < -0.39 is 0 Å². The van der Waals surface area contributed by atoms with Crippen molar-refractivity contribution >= 4 is 17.5 Å². The smallest absolute Gasteiger partial charge is 0.257 e. The predicted molar refractivity (Wildman–Crippen MR) is 105 cm³/mol. The van der Waals surface area contributed by atoms with Gasteiger partial charge in [-0.25, -0.2) is 0 Å². The van der Waals surface area contributed by atoms with Crippen molar-refractivity contribution in [3.63, 3.8) is 0 Å². The molecule has 0 saturated carbocycles. The highest BCUT2D eigenvalue weighted by molar-refractivity contribution is 5.94. The van der Waals surface area contributed by atoms with Gasteiger partial charge in [-0.1, -0.05) is 0 Å². The van der Waals surface area contributed by atoms with Gasteiger partial charge in [0.05, 0.1) is 26.0 Å². The maximum atomic E-state index is 12.5. The Morgan fingerprint density at radius 2 is 1.96 bits per heavy atom. The quantitative estimate of drug-likeness (QED) is 0.787. The van der Waals surface area contributed by atoms with Crippen LogP contribution in [-0.4, -0.2) is 44.0 Å². The lowest BCUT2D eigenvalue weighted by atomic mass is 9.93. The second kappa shape index (κ2) is 9.30. The van der Waals surface area contributed by atoms with Gasteiger partial charge >= 0.3 is 0 Å². The van der Waals surface area contributed by atoms with Crippen LogP contribution >= 0.6 is 0 Å². The van der Waals surface area contributed by atoms with Crippen LogP contribution in [0, 0.1) is 5.92 Å². The van der Waals surface area contributed by atoms with E-state index in [1.165, 1.54) is 12.5 Å². The van der Waals surface area contributed by atoms with Crippen LogP contribution < -0.4 is 14.8 Å². The standard InChI is InChI=1S/C21H26N2O5/c1-26-18-10-17(11-19(12-18)27-2)22-20(24)6-5-15-4-3-8-23(13-15)21(25)16-7-9-28-14-16/h7,9-12,14-15H,3-6,8,13H2,1-2H3,(H,22,24)/t15-/m1/s1. The number of nitrogens with zero attached hydrogens (tertiary/aromatic N) is 1. The van der Waals surface area contributed by atoms with E-state index in [1.54, 1.807) is 38.5 Å². The molecule has 1 saturated heterocycles. The van der Waals surface area contributed by atoms with Crippen LogP contribution in [0.4, 0.5) is 5.69 Å². The van der Waals surface area contributed by atoms with E-state index in [1.807, 2.05) is 4.90 Å². The average Bonchev–Trinajstić information content (AvgIpc) is 3.26. The molecular formula is C21H26N2O5. The number of likely N-dealkylation sites (tertiary alicyclic amines) is 1. The van der Waals surface area contributed by atoms with Crippen LogP contribution in [0.2, 0.25) is 0 Å². The lowest BCUT2D eigenvalue weighted by molar-refractivity contribution is -0.116. The fraction of sp³-hybridized carbons (Fsp3) is 0.429. The molecule has 2 amide bonds. The number of benzene rings is 1. The summed E-state index contributed by atoms with van der Waals surface area (Å²) in [5.74, 6) is 1.49. The first-order chi connectivity index (χ1) is 13.6. The number of ether oxygens (including phenoxy) is 2. The van der Waals surface area contributed by atoms with E-state index >= 15 is 0 Å². The number of piperidine rings is 1. The zero-order valence-corrected chi connectivity index (χ0v) is 16.3. The topological polar surface area (TPSA) is 81.0 Å². The van der Waals surface area contributed by atoms with Gasteiger partial charge in [0.25, 0.3) is 5.91 Å². The van der Waals surface area contributed by atoms with Gasteiger partial charge in [-0.2, -0.15) is 0 Å². The van der Waals surface area contributed by atoms with Gasteiger partial charge in [0, 0.05) is 43.4 Å². The first-order valence-electron chi connectivity index (χ1n) is 9.43. The van der Waals surface area contributed by atoms with Gasteiger partial charge in [0.1, 0.15) is 17.8 Å². The van der Waals surface area contributed by atoms with Crippen LogP contribution in [0.1, 0.15) is 36.0 Å². The normalized spacial score (nSPS) is 16.5. The highest BCUT2D eigenvalue weighted by atomic mass is 16.5. The molecule has 0 radical (unpaired) electrons. The molecular weight excluding hydrogens is 360 g/mol. The number of hydrogen-bond donors (Lipinski definition) is 1. The molecule has 2 aromatic rings. The van der Waals surface area contributed by atoms with Crippen LogP contribution in [0.25, 0.3) is 0 Å². The molecule has 3 rings (SSSR count). The van der Waals surface area contributed by atoms with E-state index in [4.69, 9.17) is 13.9 Å². The molecule has 1 atom stereocenters. The van der Waals surface area contributed by atoms with Crippen molar-refractivity contribution in [3.8, 4) is 11.5 Å². The Morgan fingerprint density at radius 1 is 1.21 bits per heavy atom. The summed E-state index contributed by atoms with van der Waals surface area (Å²) < 4.78 is 15.5. The lowest BCUT2D eigenvalue weighted by Crippen LogP contribution is -2.40. The fourth-order valence-electron chi connectivity index (χ4n) is 3.49. The molecule has 0 unspecified atom stereocenters. The summed E-state index contributed by atoms with van der Waals surface area (Å²) in [6.07, 6.45) is 6.09. The van der Waals surface area contributed by atoms with Crippen LogP contribution in [0.5, 0.6) is 11.5 Å². The van der Waals surface area contributed by atoms with Crippen molar-refractivity contribution in [2.45, 2.75) is 25.7 Å². The minimum absolute atomic E-state index is 0.00798. The highest BCUT2D eigenvalue weighted by Crippen LogP contribution is 2.27. The van der Waals surface area contributed by atoms with Crippen LogP contribution in [-0.2, 0) is 4.79 Å². The Bertz CT molecular complexity index is 781. The van der Waals surface area contributed by atoms with Crippen LogP contribution in [0.3, 0.4) is 0 Å². The third-order valence-electron chi connectivity index (χ3n) is 4.99. The average molecular weight is 386 g/mol. The Labute approximate surface area is 164 Å². The molecule has 150 valence electrons. The number of carbonyl (C=O) groups is 2. The molecule has 1 N–H and O–H groups in total. The summed E-state index contributed by atoms with van der Waals surface area (Å²) in [7, 11) is 3.14. The van der Waals surface area contributed by atoms with Gasteiger partial charge in [0.15, 0.2) is 0 Å². The SMILES string of the molecule is COc1cc(NC(=O)CC[C@H]2CCCN(C(=O)c3ccoc3)C2)cc(OC)c1. The van der Waals surface area contributed by atoms with Gasteiger partial charge in [-0.15, -0.1) is 0 Å². The van der Waals surface area contributed by atoms with Crippen molar-refractivity contribution < 1.29 is 23.5 Å². The van der Waals surface area contributed by atoms with Crippen molar-refractivity contribution in [2.24, 2.45) is 5.92 Å². The van der Waals surface area contributed by atoms with Crippen molar-refractivity contribution in [1.29, 1.82) is 0 Å². The second-order valence-electron chi connectivity index (χ2n) is 6.96. The van der Waals surface area contributed by atoms with E-state index in [0.29, 0.717) is 41.6 Å². The summed E-state index contributed by atoms with van der Waals surface area (Å²) in [4.78, 5) is 26.7. The maximum absolute atomic E-state index is 12.5. The first-order valence-corrected chi connectivity index (χ1v) is 9.43. The third kappa shape index (κ3) is 5.06. The van der Waals surface area contributed by atoms with E-state index in [-0.39, 0.29) is 11.8 Å². The summed E-state index contributed by atoms with van der Waals surface area (Å²) in [5, 5.41) is 2.90. The molecule has 1 aliphatic heterocycles. The molecule has 0 aliphatic carbocycles. The molecule has 7 heteroatoms. The summed E-state index contributed by atoms with van der Waals surface area (Å²) in [6, 6.07) is 6.95. The summed E-state index contributed by atoms with van der Waals surface area (Å²) >= 11 is 0. The van der Waals surface area contributed by atoms with Crippen LogP contribution in [0.15, 0.2) is 41.2 Å². The van der Waals surface area contributed by atoms with Crippen molar-refractivity contribution in [3.05, 3.63) is 42.4 Å². The molecule has 0 spiro atoms. The maximum Gasteiger partial charge on any atom is 0.257 e. The Kier molecular flexibility index (Phi) is 6.57. The number of amides is 2. The molecule has 1 aliphatic rings. The first kappa shape index (κ1) is 19.8. The highest BCUT2D eigenvalue weighted by Gasteiger charge is 2.25. The van der Waals surface area contributed by atoms with Gasteiger partial charge in [-0.3, -0.25) is 9.59 Å². The molecule has 0 bridgehead atoms. The van der Waals surface area contributed by atoms with Gasteiger partial charge in [-0.05, 0) is 31.2 Å². The van der Waals surface area contributed by atoms with Gasteiger partial charge < -0.3 is 24.1 Å². The zero-order chi connectivity index (χ0) is 19.9. The predicted octanol–water partition coefficient (Wildman–Crippen LogP) is 3.57. The largest absolute Gasteiger partial charge is 0.497 e. The molecule has 1 aromatic carbocycles. The summed E-state index contributed by atoms with van der Waals surface area (Å²) in [6.45, 7) is 1.42. The number of nitrogens with one attached hydrogen (secondary N) is 1. The molecule has 2 heterocycles. The number of carbonyl (C=O) groups excluding carboxylic acids is 2. The molecule has 7 nitrogen and oxygen atoms in total. The zero-order valence-electron chi connectivity index (χ0n) is 16.3. The van der Waals surface area contributed by atoms with E-state index in [2.05, 4.69) is 5.32 Å². The number of furan rings is 1. The van der Waals surface area contributed by atoms with E-state index in [0.717, 1.165) is 25.8 Å². The Balaban J connectivity index is 1.51. The number of methoxy groups -OCH3 is 2. The van der Waals surface area contributed by atoms with Crippen molar-refractivity contribution in [1.82, 2.24) is 4.90 Å². The summed E-state index contributed by atoms with van der Waals surface area (Å²) in [5.41, 5.74) is 1.21. The molecule has 1 fully saturated rings. The molecule has 28 heavy (non-hydrogen) atoms. The minimum Gasteiger partial charge on any atom is -0.497 e. The van der Waals surface area contributed by atoms with E-state index in [9.17, 15) is 9.59 Å². The number of rotatable bonds is 7. The number of hydrogen-bond acceptors (Lipinski definition) is 5.